The van der Waals surface area contributed by atoms with E-state index in [0.717, 1.165) is 4.90 Å². The van der Waals surface area contributed by atoms with Crippen LogP contribution in [-0.4, -0.2) is 54.0 Å². The second kappa shape index (κ2) is 7.49. The summed E-state index contributed by atoms with van der Waals surface area (Å²) in [5.41, 5.74) is 4.84. The molecule has 0 aliphatic carbocycles. The molecule has 0 atom stereocenters. The number of nitrogens with zero attached hydrogens (tertiary/aromatic N) is 1. The van der Waals surface area contributed by atoms with Crippen LogP contribution in [0.25, 0.3) is 10.9 Å². The molecule has 148 valence electrons. The van der Waals surface area contributed by atoms with Crippen LogP contribution in [0, 0.1) is 0 Å². The van der Waals surface area contributed by atoms with Crippen molar-refractivity contribution in [2.24, 2.45) is 5.73 Å². The molecule has 1 aromatic carbocycles. The van der Waals surface area contributed by atoms with Gasteiger partial charge in [0, 0.05) is 34.0 Å². The fourth-order valence-electron chi connectivity index (χ4n) is 2.67. The van der Waals surface area contributed by atoms with E-state index in [1.165, 1.54) is 0 Å². The van der Waals surface area contributed by atoms with Gasteiger partial charge in [-0.2, -0.15) is 0 Å². The van der Waals surface area contributed by atoms with Crippen LogP contribution >= 0.6 is 15.9 Å². The Hall–Kier alpha value is -2.11. The van der Waals surface area contributed by atoms with Gasteiger partial charge in [0.1, 0.15) is 10.6 Å². The van der Waals surface area contributed by atoms with E-state index in [2.05, 4.69) is 25.6 Å². The first-order valence-electron chi connectivity index (χ1n) is 7.96. The summed E-state index contributed by atoms with van der Waals surface area (Å²) in [7, 11) is -4.13. The van der Waals surface area contributed by atoms with Crippen molar-refractivity contribution in [2.75, 3.05) is 13.1 Å². The third kappa shape index (κ3) is 4.60. The number of benzene rings is 1. The lowest BCUT2D eigenvalue weighted by atomic mass is 10.1. The molecule has 0 spiro atoms. The van der Waals surface area contributed by atoms with Gasteiger partial charge >= 0.3 is 6.09 Å². The highest BCUT2D eigenvalue weighted by molar-refractivity contribution is 9.10. The molecule has 2 aromatic rings. The van der Waals surface area contributed by atoms with Crippen molar-refractivity contribution < 1.29 is 23.1 Å². The monoisotopic (exact) mass is 460 g/mol. The molecular formula is C16H21BrN4O5S. The van der Waals surface area contributed by atoms with Gasteiger partial charge in [-0.3, -0.25) is 4.79 Å². The summed E-state index contributed by atoms with van der Waals surface area (Å²) in [4.78, 5) is 26.7. The Labute approximate surface area is 165 Å². The number of carboxylic acid groups (broad SMARTS) is 1. The van der Waals surface area contributed by atoms with Crippen molar-refractivity contribution in [3.8, 4) is 0 Å². The van der Waals surface area contributed by atoms with E-state index < -0.39 is 27.6 Å². The van der Waals surface area contributed by atoms with Crippen molar-refractivity contribution in [3.63, 3.8) is 0 Å². The van der Waals surface area contributed by atoms with E-state index >= 15 is 0 Å². The van der Waals surface area contributed by atoms with Crippen LogP contribution in [0.2, 0.25) is 0 Å². The predicted octanol–water partition coefficient (Wildman–Crippen LogP) is 2.09. The van der Waals surface area contributed by atoms with Gasteiger partial charge in [0.15, 0.2) is 0 Å². The number of primary amides is 1. The number of hydrogen-bond donors (Lipinski definition) is 4. The number of amides is 2. The number of H-pyrrole nitrogens is 1. The van der Waals surface area contributed by atoms with Crippen LogP contribution in [0.1, 0.15) is 31.3 Å². The maximum atomic E-state index is 12.8. The van der Waals surface area contributed by atoms with Gasteiger partial charge in [0.25, 0.3) is 5.91 Å². The lowest BCUT2D eigenvalue weighted by molar-refractivity contribution is 0.0991. The molecule has 0 aliphatic rings. The summed E-state index contributed by atoms with van der Waals surface area (Å²) < 4.78 is 28.6. The Morgan fingerprint density at radius 1 is 1.33 bits per heavy atom. The van der Waals surface area contributed by atoms with Crippen LogP contribution in [0.4, 0.5) is 4.79 Å². The van der Waals surface area contributed by atoms with Crippen molar-refractivity contribution in [1.29, 1.82) is 0 Å². The zero-order valence-corrected chi connectivity index (χ0v) is 17.4. The summed E-state index contributed by atoms with van der Waals surface area (Å²) in [6, 6.07) is 4.88. The summed E-state index contributed by atoms with van der Waals surface area (Å²) in [6.45, 7) is 4.90. The largest absolute Gasteiger partial charge is 0.465 e. The van der Waals surface area contributed by atoms with Crippen LogP contribution in [0.3, 0.4) is 0 Å². The van der Waals surface area contributed by atoms with Crippen LogP contribution in [0.15, 0.2) is 27.6 Å². The molecule has 0 radical (unpaired) electrons. The molecule has 0 unspecified atom stereocenters. The van der Waals surface area contributed by atoms with Crippen molar-refractivity contribution in [3.05, 3.63) is 28.4 Å². The lowest BCUT2D eigenvalue weighted by Crippen LogP contribution is -2.48. The minimum absolute atomic E-state index is 0.0595. The summed E-state index contributed by atoms with van der Waals surface area (Å²) in [5, 5.41) is 9.59. The minimum Gasteiger partial charge on any atom is -0.465 e. The number of carbonyl (C=O) groups excluding carboxylic acids is 1. The summed E-state index contributed by atoms with van der Waals surface area (Å²) in [5.74, 6) is -0.912. The number of fused-ring (bicyclic) bond motifs is 1. The normalized spacial score (nSPS) is 12.3. The SMILES string of the molecule is CC(C)(C)N(CCNS(=O)(=O)c1c(C(N)=O)[nH]c2ccc(Br)cc12)C(=O)O. The first-order chi connectivity index (χ1) is 12.3. The van der Waals surface area contributed by atoms with E-state index in [1.54, 1.807) is 39.0 Å². The third-order valence-electron chi connectivity index (χ3n) is 3.90. The lowest BCUT2D eigenvalue weighted by Gasteiger charge is -2.33. The maximum absolute atomic E-state index is 12.8. The number of nitrogens with one attached hydrogen (secondary N) is 2. The Balaban J connectivity index is 2.36. The molecule has 2 rings (SSSR count). The van der Waals surface area contributed by atoms with Gasteiger partial charge in [-0.05, 0) is 39.0 Å². The first kappa shape index (κ1) is 21.2. The molecule has 0 bridgehead atoms. The van der Waals surface area contributed by atoms with E-state index in [4.69, 9.17) is 5.73 Å². The van der Waals surface area contributed by atoms with Crippen molar-refractivity contribution >= 4 is 48.9 Å². The van der Waals surface area contributed by atoms with Gasteiger partial charge in [-0.15, -0.1) is 0 Å². The standard InChI is InChI=1S/C16H21BrN4O5S/c1-16(2,3)21(15(23)24)7-6-19-27(25,26)13-10-8-9(17)4-5-11(10)20-12(13)14(18)22/h4-5,8,19-20H,6-7H2,1-3H3,(H2,18,22)(H,23,24). The molecular weight excluding hydrogens is 440 g/mol. The molecule has 2 amide bonds. The fourth-order valence-corrected chi connectivity index (χ4v) is 4.42. The number of halogens is 1. The van der Waals surface area contributed by atoms with Gasteiger partial charge in [-0.1, -0.05) is 15.9 Å². The molecule has 0 saturated carbocycles. The molecule has 27 heavy (non-hydrogen) atoms. The van der Waals surface area contributed by atoms with E-state index in [1.807, 2.05) is 0 Å². The smallest absolute Gasteiger partial charge is 0.407 e. The number of aromatic nitrogens is 1. The Kier molecular flexibility index (Phi) is 5.88. The predicted molar refractivity (Wildman–Crippen MR) is 104 cm³/mol. The topological polar surface area (TPSA) is 146 Å². The highest BCUT2D eigenvalue weighted by Gasteiger charge is 2.29. The Bertz CT molecular complexity index is 994. The molecule has 0 saturated heterocycles. The number of aromatic amines is 1. The molecule has 11 heteroatoms. The highest BCUT2D eigenvalue weighted by Crippen LogP contribution is 2.29. The first-order valence-corrected chi connectivity index (χ1v) is 10.2. The van der Waals surface area contributed by atoms with Crippen LogP contribution in [-0.2, 0) is 10.0 Å². The Morgan fingerprint density at radius 2 is 1.96 bits per heavy atom. The second-order valence-electron chi connectivity index (χ2n) is 6.89. The molecule has 0 fully saturated rings. The van der Waals surface area contributed by atoms with Gasteiger partial charge in [0.05, 0.1) is 0 Å². The van der Waals surface area contributed by atoms with Crippen LogP contribution in [0.5, 0.6) is 0 Å². The molecule has 1 aromatic heterocycles. The highest BCUT2D eigenvalue weighted by atomic mass is 79.9. The minimum atomic E-state index is -4.13. The van der Waals surface area contributed by atoms with E-state index in [9.17, 15) is 23.1 Å². The molecule has 1 heterocycles. The average Bonchev–Trinajstić information content (AvgIpc) is 2.89. The number of hydrogen-bond acceptors (Lipinski definition) is 4. The summed E-state index contributed by atoms with van der Waals surface area (Å²) in [6.07, 6.45) is -1.16. The quantitative estimate of drug-likeness (QED) is 0.521. The fraction of sp³-hybridized carbons (Fsp3) is 0.375. The second-order valence-corrected chi connectivity index (χ2v) is 9.51. The zero-order valence-electron chi connectivity index (χ0n) is 15.0. The molecule has 5 N–H and O–H groups in total. The number of sulfonamides is 1. The zero-order chi connectivity index (χ0) is 20.6. The number of carbonyl (C=O) groups is 2. The van der Waals surface area contributed by atoms with E-state index in [-0.39, 0.29) is 23.7 Å². The van der Waals surface area contributed by atoms with Crippen LogP contribution < -0.4 is 10.5 Å². The molecule has 0 aliphatic heterocycles. The maximum Gasteiger partial charge on any atom is 0.407 e. The summed E-state index contributed by atoms with van der Waals surface area (Å²) >= 11 is 3.27. The van der Waals surface area contributed by atoms with Gasteiger partial charge in [-0.25, -0.2) is 17.9 Å². The van der Waals surface area contributed by atoms with Crippen molar-refractivity contribution in [2.45, 2.75) is 31.2 Å². The third-order valence-corrected chi connectivity index (χ3v) is 5.94. The number of nitrogens with two attached hydrogens (primary N) is 1. The number of rotatable bonds is 6. The van der Waals surface area contributed by atoms with Gasteiger partial charge in [0.2, 0.25) is 10.0 Å². The average molecular weight is 461 g/mol. The Morgan fingerprint density at radius 3 is 2.48 bits per heavy atom. The molecule has 9 nitrogen and oxygen atoms in total. The van der Waals surface area contributed by atoms with E-state index in [0.29, 0.717) is 15.4 Å². The van der Waals surface area contributed by atoms with Gasteiger partial charge < -0.3 is 20.7 Å². The van der Waals surface area contributed by atoms with Crippen molar-refractivity contribution in [1.82, 2.24) is 14.6 Å².